The number of nitrogens with zero attached hydrogens (tertiary/aromatic N) is 1. The van der Waals surface area contributed by atoms with Gasteiger partial charge in [-0.2, -0.15) is 0 Å². The molecular formula is C34H30N2O8. The first-order chi connectivity index (χ1) is 21.1. The van der Waals surface area contributed by atoms with Gasteiger partial charge in [-0.15, -0.1) is 0 Å². The van der Waals surface area contributed by atoms with E-state index in [2.05, 4.69) is 5.32 Å². The van der Waals surface area contributed by atoms with Crippen LogP contribution in [0.4, 0.5) is 11.4 Å². The summed E-state index contributed by atoms with van der Waals surface area (Å²) >= 11 is 0. The first-order valence-electron chi connectivity index (χ1n) is 14.4. The monoisotopic (exact) mass is 594 g/mol. The van der Waals surface area contributed by atoms with Crippen molar-refractivity contribution < 1.29 is 28.7 Å². The predicted octanol–water partition coefficient (Wildman–Crippen LogP) is 6.42. The van der Waals surface area contributed by atoms with Crippen LogP contribution in [0.5, 0.6) is 11.5 Å². The van der Waals surface area contributed by atoms with Gasteiger partial charge in [-0.3, -0.25) is 10.1 Å². The van der Waals surface area contributed by atoms with Gasteiger partial charge in [-0.1, -0.05) is 44.2 Å². The van der Waals surface area contributed by atoms with Gasteiger partial charge in [0, 0.05) is 34.7 Å². The quantitative estimate of drug-likeness (QED) is 0.0720. The molecule has 0 saturated carbocycles. The number of non-ortho nitro benzene ring substituents is 1. The summed E-state index contributed by atoms with van der Waals surface area (Å²) in [4.78, 5) is 25.2. The number of aliphatic hydroxyl groups is 1. The minimum Gasteiger partial charge on any atom is -0.491 e. The fraction of sp³-hybridized carbons (Fsp3) is 0.265. The van der Waals surface area contributed by atoms with Crippen LogP contribution in [0.15, 0.2) is 88.1 Å². The maximum absolute atomic E-state index is 13.8. The largest absolute Gasteiger partial charge is 0.491 e. The second kappa shape index (κ2) is 10.1. The predicted molar refractivity (Wildman–Crippen MR) is 164 cm³/mol. The number of hydrogen-bond acceptors (Lipinski definition) is 9. The molecule has 0 fully saturated rings. The standard InChI is InChI=1S/C34H30N2O8/c1-19(37)41-15-16-42-22-13-14-27-25(18-22)30-29-31(23-8-4-5-10-28(23)43-32(29)38)44-34(35-27,33(30,2)3)26-9-6-7-20-11-12-21(36(39)40)17-24(20)26/h4-14,17-19,30,35,37H,15-16H2,1-3H3/t19?,30-,34?/m1/s1. The van der Waals surface area contributed by atoms with E-state index in [0.29, 0.717) is 39.0 Å². The normalized spacial score (nSPS) is 20.2. The van der Waals surface area contributed by atoms with Gasteiger partial charge in [0.25, 0.3) is 5.69 Å². The van der Waals surface area contributed by atoms with Gasteiger partial charge in [0.1, 0.15) is 23.7 Å². The summed E-state index contributed by atoms with van der Waals surface area (Å²) < 4.78 is 24.1. The fourth-order valence-electron chi connectivity index (χ4n) is 6.78. The zero-order valence-corrected chi connectivity index (χ0v) is 24.3. The number of nitrogens with one attached hydrogen (secondary N) is 1. The fourth-order valence-corrected chi connectivity index (χ4v) is 6.78. The van der Waals surface area contributed by atoms with Crippen molar-refractivity contribution in [2.75, 3.05) is 18.5 Å². The highest BCUT2D eigenvalue weighted by molar-refractivity contribution is 5.91. The van der Waals surface area contributed by atoms with Crippen molar-refractivity contribution in [1.82, 2.24) is 0 Å². The van der Waals surface area contributed by atoms with E-state index >= 15 is 0 Å². The molecule has 2 aliphatic heterocycles. The van der Waals surface area contributed by atoms with Gasteiger partial charge in [-0.25, -0.2) is 4.79 Å². The van der Waals surface area contributed by atoms with Crippen molar-refractivity contribution in [2.24, 2.45) is 5.41 Å². The lowest BCUT2D eigenvalue weighted by Crippen LogP contribution is -2.61. The molecule has 0 saturated heterocycles. The summed E-state index contributed by atoms with van der Waals surface area (Å²) in [7, 11) is 0. The maximum Gasteiger partial charge on any atom is 0.343 e. The molecule has 2 aliphatic rings. The van der Waals surface area contributed by atoms with Gasteiger partial charge in [0.2, 0.25) is 5.72 Å². The van der Waals surface area contributed by atoms with Crippen molar-refractivity contribution in [3.63, 3.8) is 0 Å². The Labute approximate surface area is 251 Å². The van der Waals surface area contributed by atoms with Crippen LogP contribution in [-0.4, -0.2) is 29.5 Å². The van der Waals surface area contributed by atoms with E-state index in [-0.39, 0.29) is 18.9 Å². The van der Waals surface area contributed by atoms with E-state index in [1.807, 2.05) is 62.4 Å². The number of nitro groups is 1. The molecule has 10 nitrogen and oxygen atoms in total. The first-order valence-corrected chi connectivity index (χ1v) is 14.4. The zero-order valence-electron chi connectivity index (χ0n) is 24.3. The molecule has 44 heavy (non-hydrogen) atoms. The van der Waals surface area contributed by atoms with Gasteiger partial charge in [0.05, 0.1) is 22.5 Å². The molecule has 4 aromatic carbocycles. The maximum atomic E-state index is 13.8. The van der Waals surface area contributed by atoms with Crippen molar-refractivity contribution in [3.05, 3.63) is 116 Å². The minimum atomic E-state index is -1.25. The Kier molecular flexibility index (Phi) is 6.38. The molecule has 2 bridgehead atoms. The van der Waals surface area contributed by atoms with E-state index in [0.717, 1.165) is 16.6 Å². The molecule has 0 aliphatic carbocycles. The Morgan fingerprint density at radius 2 is 1.84 bits per heavy atom. The smallest absolute Gasteiger partial charge is 0.343 e. The lowest BCUT2D eigenvalue weighted by atomic mass is 9.59. The van der Waals surface area contributed by atoms with Crippen molar-refractivity contribution >= 4 is 33.1 Å². The highest BCUT2D eigenvalue weighted by Crippen LogP contribution is 2.64. The minimum absolute atomic E-state index is 0.0319. The summed E-state index contributed by atoms with van der Waals surface area (Å²) in [5, 5.41) is 27.1. The van der Waals surface area contributed by atoms with Crippen LogP contribution in [0.2, 0.25) is 0 Å². The Bertz CT molecular complexity index is 2020. The Balaban J connectivity index is 1.49. The second-order valence-corrected chi connectivity index (χ2v) is 11.7. The van der Waals surface area contributed by atoms with E-state index in [1.54, 1.807) is 24.3 Å². The first kappa shape index (κ1) is 27.9. The van der Waals surface area contributed by atoms with E-state index in [1.165, 1.54) is 13.0 Å². The van der Waals surface area contributed by atoms with E-state index in [4.69, 9.17) is 18.6 Å². The molecule has 1 aromatic heterocycles. The highest BCUT2D eigenvalue weighted by Gasteiger charge is 2.62. The number of para-hydroxylation sites is 1. The van der Waals surface area contributed by atoms with Crippen LogP contribution < -0.4 is 20.4 Å². The van der Waals surface area contributed by atoms with Gasteiger partial charge < -0.3 is 29.1 Å². The SMILES string of the molecule is CC(O)OCCOc1ccc2c(c1)[C@@H]1c3c(c4ccccc4oc3=O)OC(c3cccc4ccc([N+](=O)[O-])cc34)(N2)C1(C)C. The number of anilines is 1. The number of hydrogen-bond donors (Lipinski definition) is 2. The van der Waals surface area contributed by atoms with Crippen molar-refractivity contribution in [1.29, 1.82) is 0 Å². The van der Waals surface area contributed by atoms with E-state index in [9.17, 15) is 20.0 Å². The number of fused-ring (bicyclic) bond motifs is 9. The lowest BCUT2D eigenvalue weighted by molar-refractivity contribution is -0.384. The number of ether oxygens (including phenoxy) is 3. The van der Waals surface area contributed by atoms with Crippen LogP contribution in [0.1, 0.15) is 43.4 Å². The third-order valence-corrected chi connectivity index (χ3v) is 8.78. The van der Waals surface area contributed by atoms with Crippen LogP contribution in [0.25, 0.3) is 21.7 Å². The lowest BCUT2D eigenvalue weighted by Gasteiger charge is -2.58. The second-order valence-electron chi connectivity index (χ2n) is 11.7. The summed E-state index contributed by atoms with van der Waals surface area (Å²) in [6.07, 6.45) is -0.899. The Morgan fingerprint density at radius 1 is 1.02 bits per heavy atom. The molecule has 0 amide bonds. The molecule has 3 heterocycles. The summed E-state index contributed by atoms with van der Waals surface area (Å²) in [5.74, 6) is 0.454. The number of benzene rings is 4. The molecular weight excluding hydrogens is 564 g/mol. The molecule has 5 aromatic rings. The van der Waals surface area contributed by atoms with Crippen LogP contribution in [-0.2, 0) is 10.5 Å². The topological polar surface area (TPSA) is 133 Å². The zero-order chi connectivity index (χ0) is 30.8. The van der Waals surface area contributed by atoms with Crippen LogP contribution >= 0.6 is 0 Å². The molecule has 224 valence electrons. The molecule has 2 N–H and O–H groups in total. The number of rotatable bonds is 7. The molecule has 10 heteroatoms. The number of nitro benzene ring substituents is 1. The van der Waals surface area contributed by atoms with Crippen LogP contribution in [0.3, 0.4) is 0 Å². The summed E-state index contributed by atoms with van der Waals surface area (Å²) in [6, 6.07) is 23.4. The number of aliphatic hydroxyl groups excluding tert-OH is 1. The van der Waals surface area contributed by atoms with Crippen molar-refractivity contribution in [2.45, 2.75) is 38.7 Å². The molecule has 3 atom stereocenters. The average Bonchev–Trinajstić information content (AvgIpc) is 2.99. The van der Waals surface area contributed by atoms with Crippen LogP contribution in [0, 0.1) is 15.5 Å². The summed E-state index contributed by atoms with van der Waals surface area (Å²) in [5.41, 5.74) is 0.423. The molecule has 0 spiro atoms. The molecule has 7 rings (SSSR count). The molecule has 0 radical (unpaired) electrons. The summed E-state index contributed by atoms with van der Waals surface area (Å²) in [6.45, 7) is 5.99. The third-order valence-electron chi connectivity index (χ3n) is 8.78. The molecule has 2 unspecified atom stereocenters. The Hall–Kier alpha value is -4.93. The third kappa shape index (κ3) is 4.13. The van der Waals surface area contributed by atoms with Crippen molar-refractivity contribution in [3.8, 4) is 11.5 Å². The van der Waals surface area contributed by atoms with Gasteiger partial charge in [-0.05, 0) is 59.7 Å². The van der Waals surface area contributed by atoms with Gasteiger partial charge >= 0.3 is 5.63 Å². The van der Waals surface area contributed by atoms with E-state index < -0.39 is 33.9 Å². The Morgan fingerprint density at radius 3 is 2.64 bits per heavy atom. The average molecular weight is 595 g/mol. The highest BCUT2D eigenvalue weighted by atomic mass is 16.6. The van der Waals surface area contributed by atoms with Gasteiger partial charge in [0.15, 0.2) is 6.29 Å².